The van der Waals surface area contributed by atoms with Crippen LogP contribution < -0.4 is 4.90 Å². The molecule has 9 aromatic rings. The van der Waals surface area contributed by atoms with Crippen molar-refractivity contribution in [3.8, 4) is 55.6 Å². The Balaban J connectivity index is 1.17. The molecule has 0 atom stereocenters. The van der Waals surface area contributed by atoms with Crippen molar-refractivity contribution in [2.45, 2.75) is 0 Å². The Kier molecular flexibility index (Phi) is 8.66. The zero-order chi connectivity index (χ0) is 35.4. The summed E-state index contributed by atoms with van der Waals surface area (Å²) in [5.41, 5.74) is 15.3. The van der Waals surface area contributed by atoms with Crippen LogP contribution in [0.4, 0.5) is 17.1 Å². The Labute approximate surface area is 311 Å². The lowest BCUT2D eigenvalue weighted by atomic mass is 9.93. The van der Waals surface area contributed by atoms with E-state index in [-0.39, 0.29) is 0 Å². The van der Waals surface area contributed by atoms with Gasteiger partial charge in [0.05, 0.1) is 5.69 Å². The van der Waals surface area contributed by atoms with Gasteiger partial charge in [-0.1, -0.05) is 188 Å². The average Bonchev–Trinajstić information content (AvgIpc) is 3.25. The molecule has 9 aromatic carbocycles. The Bertz CT molecular complexity index is 2650. The fourth-order valence-corrected chi connectivity index (χ4v) is 7.51. The monoisotopic (exact) mass is 675 g/mol. The minimum atomic E-state index is 1.09. The minimum Gasteiger partial charge on any atom is -0.310 e. The molecular weight excluding hydrogens is 639 g/mol. The van der Waals surface area contributed by atoms with E-state index in [0.717, 1.165) is 17.1 Å². The summed E-state index contributed by atoms with van der Waals surface area (Å²) in [6, 6.07) is 80.8. The number of nitrogens with zero attached hydrogens (tertiary/aromatic N) is 1. The first-order chi connectivity index (χ1) is 26.3. The Morgan fingerprint density at radius 2 is 0.755 bits per heavy atom. The molecule has 1 heteroatoms. The maximum absolute atomic E-state index is 2.40. The van der Waals surface area contributed by atoms with Crippen LogP contribution in [0.2, 0.25) is 0 Å². The minimum absolute atomic E-state index is 1.09. The molecule has 0 spiro atoms. The molecule has 0 heterocycles. The molecular formula is C52H37N. The lowest BCUT2D eigenvalue weighted by Gasteiger charge is -2.29. The highest BCUT2D eigenvalue weighted by molar-refractivity contribution is 5.98. The Morgan fingerprint density at radius 1 is 0.245 bits per heavy atom. The summed E-state index contributed by atoms with van der Waals surface area (Å²) in [7, 11) is 0. The lowest BCUT2D eigenvalue weighted by molar-refractivity contribution is 1.28. The summed E-state index contributed by atoms with van der Waals surface area (Å²) < 4.78 is 0. The number of fused-ring (bicyclic) bond motifs is 1. The molecule has 0 aliphatic rings. The molecule has 0 amide bonds. The summed E-state index contributed by atoms with van der Waals surface area (Å²) in [6.45, 7) is 0. The summed E-state index contributed by atoms with van der Waals surface area (Å²) in [5.74, 6) is 0. The number of hydrogen-bond acceptors (Lipinski definition) is 1. The SMILES string of the molecule is c1ccc(-c2cccc(N(c3ccc(-c4cccc(-c5cccc6ccccc56)c4)cc3)c3ccccc3-c3ccccc3-c3ccccc3)c2)cc1. The Morgan fingerprint density at radius 3 is 1.55 bits per heavy atom. The molecule has 0 saturated heterocycles. The van der Waals surface area contributed by atoms with Gasteiger partial charge in [0.25, 0.3) is 0 Å². The van der Waals surface area contributed by atoms with Gasteiger partial charge >= 0.3 is 0 Å². The van der Waals surface area contributed by atoms with Gasteiger partial charge in [0.1, 0.15) is 0 Å². The predicted molar refractivity (Wildman–Crippen MR) is 226 cm³/mol. The number of anilines is 3. The first-order valence-electron chi connectivity index (χ1n) is 18.2. The second-order valence-electron chi connectivity index (χ2n) is 13.3. The van der Waals surface area contributed by atoms with E-state index in [9.17, 15) is 0 Å². The van der Waals surface area contributed by atoms with E-state index < -0.39 is 0 Å². The van der Waals surface area contributed by atoms with Crippen LogP contribution in [0.5, 0.6) is 0 Å². The third-order valence-corrected chi connectivity index (χ3v) is 10.1. The fraction of sp³-hybridized carbons (Fsp3) is 0. The van der Waals surface area contributed by atoms with Crippen molar-refractivity contribution in [2.75, 3.05) is 4.90 Å². The van der Waals surface area contributed by atoms with Crippen molar-refractivity contribution in [3.63, 3.8) is 0 Å². The van der Waals surface area contributed by atoms with E-state index in [1.165, 1.54) is 66.4 Å². The van der Waals surface area contributed by atoms with Gasteiger partial charge in [-0.15, -0.1) is 0 Å². The van der Waals surface area contributed by atoms with Crippen molar-refractivity contribution >= 4 is 27.8 Å². The van der Waals surface area contributed by atoms with Gasteiger partial charge in [0.2, 0.25) is 0 Å². The molecule has 53 heavy (non-hydrogen) atoms. The zero-order valence-corrected chi connectivity index (χ0v) is 29.3. The van der Waals surface area contributed by atoms with Crippen molar-refractivity contribution in [1.82, 2.24) is 0 Å². The van der Waals surface area contributed by atoms with Crippen LogP contribution >= 0.6 is 0 Å². The van der Waals surface area contributed by atoms with Gasteiger partial charge in [0.15, 0.2) is 0 Å². The van der Waals surface area contributed by atoms with E-state index in [0.29, 0.717) is 0 Å². The van der Waals surface area contributed by atoms with E-state index in [2.05, 4.69) is 229 Å². The smallest absolute Gasteiger partial charge is 0.0540 e. The Hall–Kier alpha value is -6.96. The third kappa shape index (κ3) is 6.42. The van der Waals surface area contributed by atoms with Crippen LogP contribution in [0, 0.1) is 0 Å². The molecule has 0 aliphatic carbocycles. The van der Waals surface area contributed by atoms with Gasteiger partial charge in [-0.2, -0.15) is 0 Å². The predicted octanol–water partition coefficient (Wildman–Crippen LogP) is 14.6. The number of para-hydroxylation sites is 1. The molecule has 0 aromatic heterocycles. The van der Waals surface area contributed by atoms with Gasteiger partial charge in [-0.25, -0.2) is 0 Å². The third-order valence-electron chi connectivity index (χ3n) is 10.1. The van der Waals surface area contributed by atoms with Crippen LogP contribution in [0.3, 0.4) is 0 Å². The highest BCUT2D eigenvalue weighted by atomic mass is 15.1. The van der Waals surface area contributed by atoms with Crippen molar-refractivity contribution in [1.29, 1.82) is 0 Å². The maximum Gasteiger partial charge on any atom is 0.0540 e. The highest BCUT2D eigenvalue weighted by Crippen LogP contribution is 2.44. The van der Waals surface area contributed by atoms with Gasteiger partial charge in [-0.3, -0.25) is 0 Å². The van der Waals surface area contributed by atoms with Crippen LogP contribution in [-0.4, -0.2) is 0 Å². The largest absolute Gasteiger partial charge is 0.310 e. The number of benzene rings is 9. The normalized spacial score (nSPS) is 11.0. The first-order valence-corrected chi connectivity index (χ1v) is 18.2. The second-order valence-corrected chi connectivity index (χ2v) is 13.3. The van der Waals surface area contributed by atoms with E-state index in [1.54, 1.807) is 0 Å². The molecule has 0 fully saturated rings. The standard InChI is InChI=1S/C52H37N/c1-3-16-38(17-4-1)43-23-14-25-46(37-43)53(52-31-12-11-29-51(52)50-28-10-9-27-48(50)40-18-5-2-6-19-40)45-34-32-39(33-35-45)42-22-13-24-44(36-42)49-30-15-21-41-20-7-8-26-47(41)49/h1-37H. The maximum atomic E-state index is 2.40. The van der Waals surface area contributed by atoms with Gasteiger partial charge in [-0.05, 0) is 97.2 Å². The van der Waals surface area contributed by atoms with Crippen molar-refractivity contribution < 1.29 is 0 Å². The van der Waals surface area contributed by atoms with E-state index in [1.807, 2.05) is 0 Å². The summed E-state index contributed by atoms with van der Waals surface area (Å²) >= 11 is 0. The summed E-state index contributed by atoms with van der Waals surface area (Å²) in [6.07, 6.45) is 0. The van der Waals surface area contributed by atoms with Gasteiger partial charge in [0, 0.05) is 16.9 Å². The molecule has 0 radical (unpaired) electrons. The zero-order valence-electron chi connectivity index (χ0n) is 29.3. The van der Waals surface area contributed by atoms with Crippen molar-refractivity contribution in [3.05, 3.63) is 224 Å². The molecule has 250 valence electrons. The highest BCUT2D eigenvalue weighted by Gasteiger charge is 2.20. The van der Waals surface area contributed by atoms with Crippen molar-refractivity contribution in [2.24, 2.45) is 0 Å². The molecule has 0 N–H and O–H groups in total. The summed E-state index contributed by atoms with van der Waals surface area (Å²) in [5, 5.41) is 2.52. The van der Waals surface area contributed by atoms with Crippen LogP contribution in [0.1, 0.15) is 0 Å². The summed E-state index contributed by atoms with van der Waals surface area (Å²) in [4.78, 5) is 2.40. The van der Waals surface area contributed by atoms with Gasteiger partial charge < -0.3 is 4.90 Å². The number of rotatable bonds is 8. The van der Waals surface area contributed by atoms with Crippen LogP contribution in [0.15, 0.2) is 224 Å². The molecule has 0 unspecified atom stereocenters. The average molecular weight is 676 g/mol. The van der Waals surface area contributed by atoms with Crippen LogP contribution in [-0.2, 0) is 0 Å². The van der Waals surface area contributed by atoms with Crippen LogP contribution in [0.25, 0.3) is 66.4 Å². The second kappa shape index (κ2) is 14.3. The number of hydrogen-bond donors (Lipinski definition) is 0. The molecule has 0 aliphatic heterocycles. The molecule has 1 nitrogen and oxygen atoms in total. The molecule has 0 bridgehead atoms. The topological polar surface area (TPSA) is 3.24 Å². The first kappa shape index (κ1) is 32.0. The lowest BCUT2D eigenvalue weighted by Crippen LogP contribution is -2.11. The quantitative estimate of drug-likeness (QED) is 0.155. The van der Waals surface area contributed by atoms with E-state index >= 15 is 0 Å². The molecule has 9 rings (SSSR count). The fourth-order valence-electron chi connectivity index (χ4n) is 7.51. The molecule has 0 saturated carbocycles. The van der Waals surface area contributed by atoms with E-state index in [4.69, 9.17) is 0 Å².